The van der Waals surface area contributed by atoms with Crippen molar-refractivity contribution in [1.82, 2.24) is 5.32 Å². The van der Waals surface area contributed by atoms with Crippen LogP contribution in [0.3, 0.4) is 0 Å². The lowest BCUT2D eigenvalue weighted by Crippen LogP contribution is -2.47. The maximum absolute atomic E-state index is 13.7. The van der Waals surface area contributed by atoms with Crippen molar-refractivity contribution in [3.05, 3.63) is 94.5 Å². The van der Waals surface area contributed by atoms with Crippen molar-refractivity contribution < 1.29 is 9.59 Å². The zero-order valence-electron chi connectivity index (χ0n) is 20.1. The first-order chi connectivity index (χ1) is 16.9. The summed E-state index contributed by atoms with van der Waals surface area (Å²) in [4.78, 5) is 30.3. The Labute approximate surface area is 211 Å². The maximum atomic E-state index is 13.7. The first-order valence-electron chi connectivity index (χ1n) is 12.2. The number of anilines is 2. The molecule has 2 heterocycles. The van der Waals surface area contributed by atoms with Crippen LogP contribution in [0, 0.1) is 0 Å². The smallest absolute Gasteiger partial charge is 0.258 e. The van der Waals surface area contributed by atoms with E-state index in [0.717, 1.165) is 29.9 Å². The van der Waals surface area contributed by atoms with E-state index in [-0.39, 0.29) is 23.9 Å². The quantitative estimate of drug-likeness (QED) is 0.470. The molecule has 1 saturated heterocycles. The van der Waals surface area contributed by atoms with Gasteiger partial charge in [0.1, 0.15) is 0 Å². The van der Waals surface area contributed by atoms with Gasteiger partial charge in [-0.2, -0.15) is 0 Å². The molecular weight excluding hydrogens is 458 g/mol. The van der Waals surface area contributed by atoms with E-state index in [2.05, 4.69) is 24.4 Å². The Balaban J connectivity index is 1.48. The second-order valence-electron chi connectivity index (χ2n) is 9.47. The third kappa shape index (κ3) is 4.58. The second kappa shape index (κ2) is 9.84. The number of carbonyl (C=O) groups excluding carboxylic acids is 2. The van der Waals surface area contributed by atoms with Gasteiger partial charge >= 0.3 is 0 Å². The molecule has 0 bridgehead atoms. The van der Waals surface area contributed by atoms with Crippen molar-refractivity contribution in [1.29, 1.82) is 0 Å². The van der Waals surface area contributed by atoms with Crippen LogP contribution in [0.2, 0.25) is 5.02 Å². The summed E-state index contributed by atoms with van der Waals surface area (Å²) in [5.74, 6) is -0.0644. The zero-order chi connectivity index (χ0) is 24.5. The van der Waals surface area contributed by atoms with Gasteiger partial charge in [-0.25, -0.2) is 0 Å². The van der Waals surface area contributed by atoms with Crippen LogP contribution in [0.25, 0.3) is 0 Å². The number of halogens is 1. The van der Waals surface area contributed by atoms with Crippen molar-refractivity contribution in [3.8, 4) is 0 Å². The van der Waals surface area contributed by atoms with E-state index < -0.39 is 0 Å². The van der Waals surface area contributed by atoms with Gasteiger partial charge in [0.25, 0.3) is 5.91 Å². The summed E-state index contributed by atoms with van der Waals surface area (Å²) < 4.78 is 0. The number of para-hydroxylation sites is 1. The Morgan fingerprint density at radius 2 is 1.71 bits per heavy atom. The molecule has 0 aliphatic carbocycles. The fourth-order valence-electron chi connectivity index (χ4n) is 5.48. The highest BCUT2D eigenvalue weighted by Gasteiger charge is 2.38. The average Bonchev–Trinajstić information content (AvgIpc) is 3.40. The van der Waals surface area contributed by atoms with Crippen molar-refractivity contribution in [2.75, 3.05) is 16.3 Å². The number of amides is 2. The Morgan fingerprint density at radius 1 is 1.00 bits per heavy atom. The molecule has 1 fully saturated rings. The molecule has 1 N–H and O–H groups in total. The van der Waals surface area contributed by atoms with Crippen LogP contribution < -0.4 is 15.1 Å². The molecule has 1 unspecified atom stereocenters. The van der Waals surface area contributed by atoms with Gasteiger partial charge in [0.15, 0.2) is 0 Å². The van der Waals surface area contributed by atoms with E-state index in [1.807, 2.05) is 58.3 Å². The SMILES string of the molecule is CC(=O)N(c1ccc(Cl)cc1)[C@@H]1C[C@H](C)N(C(=O)c2ccc(C3CCCN3)cc2)c2ccccc21. The number of hydrogen-bond acceptors (Lipinski definition) is 3. The number of nitrogens with zero attached hydrogens (tertiary/aromatic N) is 2. The van der Waals surface area contributed by atoms with E-state index in [4.69, 9.17) is 11.6 Å². The summed E-state index contributed by atoms with van der Waals surface area (Å²) in [6, 6.07) is 23.4. The molecule has 2 amide bonds. The lowest BCUT2D eigenvalue weighted by molar-refractivity contribution is -0.117. The Hall–Kier alpha value is -3.15. The van der Waals surface area contributed by atoms with Gasteiger partial charge < -0.3 is 15.1 Å². The maximum Gasteiger partial charge on any atom is 0.258 e. The van der Waals surface area contributed by atoms with E-state index in [9.17, 15) is 9.59 Å². The largest absolute Gasteiger partial charge is 0.310 e. The predicted octanol–water partition coefficient (Wildman–Crippen LogP) is 6.30. The molecule has 35 heavy (non-hydrogen) atoms. The zero-order valence-corrected chi connectivity index (χ0v) is 20.8. The van der Waals surface area contributed by atoms with Crippen molar-refractivity contribution in [3.63, 3.8) is 0 Å². The van der Waals surface area contributed by atoms with Crippen molar-refractivity contribution in [2.24, 2.45) is 0 Å². The monoisotopic (exact) mass is 487 g/mol. The fraction of sp³-hybridized carbons (Fsp3) is 0.310. The van der Waals surface area contributed by atoms with Crippen LogP contribution in [0.4, 0.5) is 11.4 Å². The van der Waals surface area contributed by atoms with Crippen molar-refractivity contribution in [2.45, 2.75) is 51.2 Å². The molecule has 2 aliphatic rings. The number of rotatable bonds is 4. The molecule has 3 aromatic rings. The molecule has 3 aromatic carbocycles. The number of fused-ring (bicyclic) bond motifs is 1. The van der Waals surface area contributed by atoms with Gasteiger partial charge in [-0.1, -0.05) is 41.9 Å². The number of carbonyl (C=O) groups is 2. The summed E-state index contributed by atoms with van der Waals surface area (Å²) >= 11 is 6.09. The van der Waals surface area contributed by atoms with Crippen molar-refractivity contribution >= 4 is 34.8 Å². The molecule has 0 spiro atoms. The minimum Gasteiger partial charge on any atom is -0.310 e. The van der Waals surface area contributed by atoms with Gasteiger partial charge in [-0.05, 0) is 86.3 Å². The molecular formula is C29H30ClN3O2. The molecule has 2 aliphatic heterocycles. The van der Waals surface area contributed by atoms with Crippen LogP contribution >= 0.6 is 11.6 Å². The number of nitrogens with one attached hydrogen (secondary N) is 1. The van der Waals surface area contributed by atoms with E-state index in [1.165, 1.54) is 12.0 Å². The molecule has 0 aromatic heterocycles. The third-order valence-electron chi connectivity index (χ3n) is 7.16. The molecule has 5 rings (SSSR count). The summed E-state index contributed by atoms with van der Waals surface area (Å²) in [6.07, 6.45) is 2.95. The lowest BCUT2D eigenvalue weighted by Gasteiger charge is -2.43. The lowest BCUT2D eigenvalue weighted by atomic mass is 9.89. The van der Waals surface area contributed by atoms with Gasteiger partial charge in [-0.15, -0.1) is 0 Å². The van der Waals surface area contributed by atoms with Gasteiger partial charge in [0, 0.05) is 41.0 Å². The molecule has 3 atom stereocenters. The van der Waals surface area contributed by atoms with Crippen LogP contribution in [0.15, 0.2) is 72.8 Å². The van der Waals surface area contributed by atoms with Crippen LogP contribution in [-0.4, -0.2) is 24.4 Å². The highest BCUT2D eigenvalue weighted by Crippen LogP contribution is 2.43. The molecule has 180 valence electrons. The summed E-state index contributed by atoms with van der Waals surface area (Å²) in [5, 5.41) is 4.14. The first-order valence-corrected chi connectivity index (χ1v) is 12.6. The first kappa shape index (κ1) is 23.6. The van der Waals surface area contributed by atoms with Gasteiger partial charge in [0.05, 0.1) is 6.04 Å². The van der Waals surface area contributed by atoms with E-state index in [0.29, 0.717) is 23.0 Å². The average molecular weight is 488 g/mol. The van der Waals surface area contributed by atoms with E-state index in [1.54, 1.807) is 19.1 Å². The minimum absolute atomic E-state index is 0.0183. The minimum atomic E-state index is -0.181. The Morgan fingerprint density at radius 3 is 2.37 bits per heavy atom. The normalized spacial score (nSPS) is 21.5. The third-order valence-corrected chi connectivity index (χ3v) is 7.41. The number of hydrogen-bond donors (Lipinski definition) is 1. The standard InChI is InChI=1S/C29H30ClN3O2/c1-19-18-28(33(20(2)34)24-15-13-23(30)14-16-24)25-6-3-4-8-27(25)32(19)29(35)22-11-9-21(10-12-22)26-7-5-17-31-26/h3-4,6,8-16,19,26,28,31H,5,7,17-18H2,1-2H3/t19-,26?,28+/m0/s1. The van der Waals surface area contributed by atoms with Crippen LogP contribution in [-0.2, 0) is 4.79 Å². The Kier molecular flexibility index (Phi) is 6.63. The molecule has 0 radical (unpaired) electrons. The molecule has 6 heteroatoms. The highest BCUT2D eigenvalue weighted by molar-refractivity contribution is 6.30. The molecule has 0 saturated carbocycles. The topological polar surface area (TPSA) is 52.7 Å². The Bertz CT molecular complexity index is 1220. The van der Waals surface area contributed by atoms with Crippen LogP contribution in [0.5, 0.6) is 0 Å². The van der Waals surface area contributed by atoms with Gasteiger partial charge in [0.2, 0.25) is 5.91 Å². The second-order valence-corrected chi connectivity index (χ2v) is 9.91. The van der Waals surface area contributed by atoms with E-state index >= 15 is 0 Å². The summed E-state index contributed by atoms with van der Waals surface area (Å²) in [5.41, 5.74) is 4.52. The summed E-state index contributed by atoms with van der Waals surface area (Å²) in [7, 11) is 0. The number of benzene rings is 3. The van der Waals surface area contributed by atoms with Gasteiger partial charge in [-0.3, -0.25) is 9.59 Å². The molecule has 5 nitrogen and oxygen atoms in total. The van der Waals surface area contributed by atoms with Crippen LogP contribution in [0.1, 0.15) is 66.7 Å². The highest BCUT2D eigenvalue weighted by atomic mass is 35.5. The fourth-order valence-corrected chi connectivity index (χ4v) is 5.61. The predicted molar refractivity (Wildman–Crippen MR) is 141 cm³/mol. The summed E-state index contributed by atoms with van der Waals surface area (Å²) in [6.45, 7) is 4.68.